The number of nitrogens with one attached hydrogen (secondary N) is 1. The Bertz CT molecular complexity index is 351. The van der Waals surface area contributed by atoms with Gasteiger partial charge in [0.1, 0.15) is 0 Å². The van der Waals surface area contributed by atoms with Gasteiger partial charge in [0.2, 0.25) is 0 Å². The molecule has 4 amide bonds. The predicted molar refractivity (Wildman–Crippen MR) is 57.1 cm³/mol. The molecule has 0 radical (unpaired) electrons. The van der Waals surface area contributed by atoms with Gasteiger partial charge in [0.25, 0.3) is 0 Å². The molecule has 0 aromatic heterocycles. The summed E-state index contributed by atoms with van der Waals surface area (Å²) in [5, 5.41) is 1.99. The van der Waals surface area contributed by atoms with E-state index >= 15 is 0 Å². The maximum absolute atomic E-state index is 11.4. The van der Waals surface area contributed by atoms with Crippen LogP contribution in [-0.2, 0) is 14.3 Å². The van der Waals surface area contributed by atoms with Crippen molar-refractivity contribution in [3.8, 4) is 0 Å². The highest BCUT2D eigenvalue weighted by molar-refractivity contribution is 6.44. The Morgan fingerprint density at radius 2 is 1.94 bits per heavy atom. The highest BCUT2D eigenvalue weighted by Crippen LogP contribution is 2.09. The van der Waals surface area contributed by atoms with E-state index in [0.717, 1.165) is 18.0 Å². The monoisotopic (exact) mass is 241 g/mol. The molecule has 1 unspecified atom stereocenters. The molecule has 0 aromatic rings. The van der Waals surface area contributed by atoms with Gasteiger partial charge in [-0.15, -0.1) is 0 Å². The van der Waals surface area contributed by atoms with E-state index in [4.69, 9.17) is 4.74 Å². The van der Waals surface area contributed by atoms with Crippen LogP contribution in [0.2, 0.25) is 0 Å². The van der Waals surface area contributed by atoms with E-state index in [1.54, 1.807) is 6.92 Å². The highest BCUT2D eigenvalue weighted by Gasteiger charge is 2.40. The maximum Gasteiger partial charge on any atom is 0.331 e. The zero-order valence-corrected chi connectivity index (χ0v) is 9.64. The first-order valence-corrected chi connectivity index (χ1v) is 5.58. The number of rotatable bonds is 3. The van der Waals surface area contributed by atoms with E-state index in [1.165, 1.54) is 0 Å². The zero-order chi connectivity index (χ0) is 12.4. The lowest BCUT2D eigenvalue weighted by atomic mass is 10.2. The normalized spacial score (nSPS) is 24.1. The summed E-state index contributed by atoms with van der Waals surface area (Å²) in [7, 11) is 0. The summed E-state index contributed by atoms with van der Waals surface area (Å²) in [5.74, 6) is -1.61. The van der Waals surface area contributed by atoms with E-state index in [-0.39, 0.29) is 6.04 Å². The standard InChI is InChI=1S/C10H15N3O4/c1-7(6-12-2-4-17-5-3-12)13-9(15)8(14)11-10(13)16/h7H,2-6H2,1H3,(H,11,14,16). The van der Waals surface area contributed by atoms with Crippen molar-refractivity contribution in [1.29, 1.82) is 0 Å². The molecule has 7 nitrogen and oxygen atoms in total. The summed E-state index contributed by atoms with van der Waals surface area (Å²) >= 11 is 0. The quantitative estimate of drug-likeness (QED) is 0.495. The van der Waals surface area contributed by atoms with Crippen LogP contribution in [0.15, 0.2) is 0 Å². The Kier molecular flexibility index (Phi) is 3.39. The average Bonchev–Trinajstić information content (AvgIpc) is 2.54. The smallest absolute Gasteiger partial charge is 0.331 e. The number of amides is 4. The SMILES string of the molecule is CC(CN1CCOCC1)N1C(=O)NC(=O)C1=O. The van der Waals surface area contributed by atoms with Crippen LogP contribution in [0.1, 0.15) is 6.92 Å². The highest BCUT2D eigenvalue weighted by atomic mass is 16.5. The average molecular weight is 241 g/mol. The molecule has 2 saturated heterocycles. The number of carbonyl (C=O) groups is 3. The molecule has 0 saturated carbocycles. The Morgan fingerprint density at radius 1 is 1.29 bits per heavy atom. The molecule has 94 valence electrons. The van der Waals surface area contributed by atoms with Crippen molar-refractivity contribution in [2.24, 2.45) is 0 Å². The van der Waals surface area contributed by atoms with Gasteiger partial charge in [0, 0.05) is 19.6 Å². The number of ether oxygens (including phenoxy) is 1. The summed E-state index contributed by atoms with van der Waals surface area (Å²) in [5.41, 5.74) is 0. The van der Waals surface area contributed by atoms with Gasteiger partial charge in [0.15, 0.2) is 0 Å². The molecule has 2 aliphatic rings. The zero-order valence-electron chi connectivity index (χ0n) is 9.64. The molecular formula is C10H15N3O4. The predicted octanol–water partition coefficient (Wildman–Crippen LogP) is -1.21. The lowest BCUT2D eigenvalue weighted by Crippen LogP contribution is -2.48. The van der Waals surface area contributed by atoms with Crippen molar-refractivity contribution >= 4 is 17.8 Å². The number of hydrogen-bond acceptors (Lipinski definition) is 5. The van der Waals surface area contributed by atoms with Crippen LogP contribution in [0.5, 0.6) is 0 Å². The van der Waals surface area contributed by atoms with E-state index < -0.39 is 17.8 Å². The molecule has 17 heavy (non-hydrogen) atoms. The van der Waals surface area contributed by atoms with Crippen molar-refractivity contribution in [1.82, 2.24) is 15.1 Å². The fourth-order valence-corrected chi connectivity index (χ4v) is 2.05. The van der Waals surface area contributed by atoms with Gasteiger partial charge in [-0.05, 0) is 6.92 Å². The molecule has 0 aliphatic carbocycles. The summed E-state index contributed by atoms with van der Waals surface area (Å²) in [6.07, 6.45) is 0. The minimum absolute atomic E-state index is 0.313. The van der Waals surface area contributed by atoms with Gasteiger partial charge in [-0.2, -0.15) is 0 Å². The third kappa shape index (κ3) is 2.45. The second-order valence-electron chi connectivity index (χ2n) is 4.20. The number of nitrogens with zero attached hydrogens (tertiary/aromatic N) is 2. The second kappa shape index (κ2) is 4.80. The summed E-state index contributed by atoms with van der Waals surface area (Å²) in [6.45, 7) is 5.20. The van der Waals surface area contributed by atoms with Crippen molar-refractivity contribution in [3.05, 3.63) is 0 Å². The van der Waals surface area contributed by atoms with Crippen molar-refractivity contribution < 1.29 is 19.1 Å². The number of carbonyl (C=O) groups excluding carboxylic acids is 3. The number of imide groups is 2. The minimum atomic E-state index is -0.844. The van der Waals surface area contributed by atoms with Crippen molar-refractivity contribution in [3.63, 3.8) is 0 Å². The Hall–Kier alpha value is -1.47. The van der Waals surface area contributed by atoms with Crippen LogP contribution >= 0.6 is 0 Å². The molecule has 0 aromatic carbocycles. The molecule has 0 bridgehead atoms. The fourth-order valence-electron chi connectivity index (χ4n) is 2.05. The van der Waals surface area contributed by atoms with Gasteiger partial charge in [0.05, 0.1) is 19.3 Å². The summed E-state index contributed by atoms with van der Waals surface area (Å²) in [6, 6.07) is -0.937. The topological polar surface area (TPSA) is 79.0 Å². The van der Waals surface area contributed by atoms with E-state index in [1.807, 2.05) is 5.32 Å². The molecule has 2 rings (SSSR count). The molecular weight excluding hydrogens is 226 g/mol. The lowest BCUT2D eigenvalue weighted by Gasteiger charge is -2.31. The van der Waals surface area contributed by atoms with Crippen LogP contribution in [0.25, 0.3) is 0 Å². The summed E-state index contributed by atoms with van der Waals surface area (Å²) < 4.78 is 5.21. The van der Waals surface area contributed by atoms with E-state index in [0.29, 0.717) is 19.8 Å². The Balaban J connectivity index is 1.94. The molecule has 2 fully saturated rings. The number of urea groups is 1. The first-order valence-electron chi connectivity index (χ1n) is 5.58. The van der Waals surface area contributed by atoms with Gasteiger partial charge in [-0.1, -0.05) is 0 Å². The molecule has 0 spiro atoms. The van der Waals surface area contributed by atoms with Gasteiger partial charge < -0.3 is 4.74 Å². The number of hydrogen-bond donors (Lipinski definition) is 1. The molecule has 2 heterocycles. The molecule has 1 N–H and O–H groups in total. The fraction of sp³-hybridized carbons (Fsp3) is 0.700. The van der Waals surface area contributed by atoms with Crippen LogP contribution in [0.4, 0.5) is 4.79 Å². The third-order valence-electron chi connectivity index (χ3n) is 2.92. The summed E-state index contributed by atoms with van der Waals surface area (Å²) in [4.78, 5) is 37.0. The lowest BCUT2D eigenvalue weighted by molar-refractivity contribution is -0.141. The maximum atomic E-state index is 11.4. The minimum Gasteiger partial charge on any atom is -0.379 e. The Morgan fingerprint density at radius 3 is 2.47 bits per heavy atom. The van der Waals surface area contributed by atoms with Gasteiger partial charge >= 0.3 is 17.8 Å². The first-order chi connectivity index (χ1) is 8.09. The van der Waals surface area contributed by atoms with Crippen LogP contribution in [0, 0.1) is 0 Å². The van der Waals surface area contributed by atoms with Crippen LogP contribution in [-0.4, -0.2) is 66.5 Å². The molecule has 1 atom stereocenters. The van der Waals surface area contributed by atoms with E-state index in [9.17, 15) is 14.4 Å². The van der Waals surface area contributed by atoms with Crippen molar-refractivity contribution in [2.75, 3.05) is 32.8 Å². The Labute approximate surface area is 98.7 Å². The molecule has 7 heteroatoms. The number of morpholine rings is 1. The van der Waals surface area contributed by atoms with Crippen LogP contribution < -0.4 is 5.32 Å². The van der Waals surface area contributed by atoms with Gasteiger partial charge in [-0.3, -0.25) is 24.7 Å². The van der Waals surface area contributed by atoms with Gasteiger partial charge in [-0.25, -0.2) is 4.79 Å². The van der Waals surface area contributed by atoms with E-state index in [2.05, 4.69) is 4.90 Å². The second-order valence-corrected chi connectivity index (χ2v) is 4.20. The largest absolute Gasteiger partial charge is 0.379 e. The van der Waals surface area contributed by atoms with Crippen molar-refractivity contribution in [2.45, 2.75) is 13.0 Å². The van der Waals surface area contributed by atoms with Crippen LogP contribution in [0.3, 0.4) is 0 Å². The molecule has 2 aliphatic heterocycles. The first kappa shape index (κ1) is 12.0. The third-order valence-corrected chi connectivity index (χ3v) is 2.92.